The number of nitrogens with two attached hydrogens (primary N) is 1. The summed E-state index contributed by atoms with van der Waals surface area (Å²) in [6.45, 7) is 0.541. The van der Waals surface area contributed by atoms with Crippen molar-refractivity contribution < 1.29 is 0 Å². The van der Waals surface area contributed by atoms with Gasteiger partial charge in [-0.05, 0) is 6.07 Å². The van der Waals surface area contributed by atoms with Crippen LogP contribution in [0.4, 0.5) is 0 Å². The summed E-state index contributed by atoms with van der Waals surface area (Å²) in [5, 5.41) is 4.92. The first kappa shape index (κ1) is 10.2. The summed E-state index contributed by atoms with van der Waals surface area (Å²) < 4.78 is 1.73. The van der Waals surface area contributed by atoms with Crippen LogP contribution >= 0.6 is 23.7 Å². The van der Waals surface area contributed by atoms with Gasteiger partial charge in [0.25, 0.3) is 0 Å². The number of thiazole rings is 1. The Hall–Kier alpha value is -0.910. The van der Waals surface area contributed by atoms with E-state index in [4.69, 9.17) is 5.73 Å². The molecule has 2 aromatic rings. The minimum absolute atomic E-state index is 0. The molecule has 2 heterocycles. The van der Waals surface area contributed by atoms with E-state index in [1.54, 1.807) is 28.4 Å². The van der Waals surface area contributed by atoms with E-state index in [1.807, 2.05) is 12.3 Å². The van der Waals surface area contributed by atoms with Gasteiger partial charge in [0.15, 0.2) is 0 Å². The predicted molar refractivity (Wildman–Crippen MR) is 54.4 cm³/mol. The summed E-state index contributed by atoms with van der Waals surface area (Å²) in [5.41, 5.74) is 5.46. The summed E-state index contributed by atoms with van der Waals surface area (Å²) in [4.78, 5) is 5.24. The van der Waals surface area contributed by atoms with Crippen molar-refractivity contribution in [1.82, 2.24) is 14.8 Å². The summed E-state index contributed by atoms with van der Waals surface area (Å²) >= 11 is 1.55. The molecule has 0 saturated heterocycles. The Balaban J connectivity index is 0.000000845. The second-order valence-corrected chi connectivity index (χ2v) is 3.36. The fourth-order valence-corrected chi connectivity index (χ4v) is 1.61. The SMILES string of the molecule is Cl.NCc1cnc(-n2cccn2)s1. The highest BCUT2D eigenvalue weighted by Gasteiger charge is 2.01. The number of rotatable bonds is 2. The largest absolute Gasteiger partial charge is 0.326 e. The number of nitrogens with zero attached hydrogens (tertiary/aromatic N) is 3. The maximum Gasteiger partial charge on any atom is 0.210 e. The third-order valence-electron chi connectivity index (χ3n) is 1.44. The zero-order valence-corrected chi connectivity index (χ0v) is 8.38. The van der Waals surface area contributed by atoms with Crippen molar-refractivity contribution in [3.63, 3.8) is 0 Å². The lowest BCUT2D eigenvalue weighted by Crippen LogP contribution is -1.92. The fourth-order valence-electron chi connectivity index (χ4n) is 0.879. The topological polar surface area (TPSA) is 56.7 Å². The normalized spacial score (nSPS) is 9.62. The molecule has 0 fully saturated rings. The molecule has 0 unspecified atom stereocenters. The lowest BCUT2D eigenvalue weighted by Gasteiger charge is -1.90. The van der Waals surface area contributed by atoms with Crippen LogP contribution in [0.15, 0.2) is 24.7 Å². The van der Waals surface area contributed by atoms with Crippen molar-refractivity contribution in [3.8, 4) is 5.13 Å². The van der Waals surface area contributed by atoms with Crippen molar-refractivity contribution in [1.29, 1.82) is 0 Å². The Morgan fingerprint density at radius 2 is 2.38 bits per heavy atom. The van der Waals surface area contributed by atoms with E-state index in [2.05, 4.69) is 10.1 Å². The van der Waals surface area contributed by atoms with Crippen LogP contribution in [-0.2, 0) is 6.54 Å². The van der Waals surface area contributed by atoms with E-state index >= 15 is 0 Å². The molecule has 0 saturated carbocycles. The van der Waals surface area contributed by atoms with Crippen LogP contribution in [0.5, 0.6) is 0 Å². The quantitative estimate of drug-likeness (QED) is 0.821. The van der Waals surface area contributed by atoms with Crippen LogP contribution < -0.4 is 5.73 Å². The standard InChI is InChI=1S/C7H8N4S.ClH/c8-4-6-5-9-7(12-6)11-3-1-2-10-11;/h1-3,5H,4,8H2;1H. The Morgan fingerprint density at radius 1 is 1.54 bits per heavy atom. The molecule has 0 aromatic carbocycles. The first-order chi connectivity index (χ1) is 5.90. The highest BCUT2D eigenvalue weighted by molar-refractivity contribution is 7.14. The minimum Gasteiger partial charge on any atom is -0.326 e. The highest BCUT2D eigenvalue weighted by atomic mass is 35.5. The minimum atomic E-state index is 0. The molecule has 2 aromatic heterocycles. The average molecular weight is 217 g/mol. The van der Waals surface area contributed by atoms with Crippen LogP contribution in [0.2, 0.25) is 0 Å². The monoisotopic (exact) mass is 216 g/mol. The maximum atomic E-state index is 5.46. The molecule has 0 bridgehead atoms. The predicted octanol–water partition coefficient (Wildman–Crippen LogP) is 1.21. The van der Waals surface area contributed by atoms with Gasteiger partial charge < -0.3 is 5.73 Å². The number of halogens is 1. The van der Waals surface area contributed by atoms with Gasteiger partial charge in [0, 0.05) is 30.0 Å². The van der Waals surface area contributed by atoms with E-state index in [1.165, 1.54) is 0 Å². The Kier molecular flexibility index (Phi) is 3.41. The number of hydrogen-bond acceptors (Lipinski definition) is 4. The van der Waals surface area contributed by atoms with Gasteiger partial charge in [-0.3, -0.25) is 0 Å². The van der Waals surface area contributed by atoms with Crippen molar-refractivity contribution in [2.75, 3.05) is 0 Å². The zero-order valence-electron chi connectivity index (χ0n) is 6.75. The summed E-state index contributed by atoms with van der Waals surface area (Å²) in [7, 11) is 0. The lowest BCUT2D eigenvalue weighted by molar-refractivity contribution is 0.869. The third kappa shape index (κ3) is 2.06. The molecule has 4 nitrogen and oxygen atoms in total. The molecule has 6 heteroatoms. The molecular formula is C7H9ClN4S. The third-order valence-corrected chi connectivity index (χ3v) is 2.45. The smallest absolute Gasteiger partial charge is 0.210 e. The lowest BCUT2D eigenvalue weighted by atomic mass is 10.6. The molecule has 0 aliphatic carbocycles. The number of hydrogen-bond donors (Lipinski definition) is 1. The van der Waals surface area contributed by atoms with Crippen LogP contribution in [-0.4, -0.2) is 14.8 Å². The molecular weight excluding hydrogens is 208 g/mol. The van der Waals surface area contributed by atoms with E-state index < -0.39 is 0 Å². The summed E-state index contributed by atoms with van der Waals surface area (Å²) in [6, 6.07) is 1.86. The molecule has 0 amide bonds. The van der Waals surface area contributed by atoms with E-state index in [0.717, 1.165) is 10.0 Å². The molecule has 2 rings (SSSR count). The van der Waals surface area contributed by atoms with Gasteiger partial charge >= 0.3 is 0 Å². The van der Waals surface area contributed by atoms with E-state index in [-0.39, 0.29) is 12.4 Å². The maximum absolute atomic E-state index is 5.46. The van der Waals surface area contributed by atoms with Crippen molar-refractivity contribution >= 4 is 23.7 Å². The van der Waals surface area contributed by atoms with Crippen LogP contribution in [0.25, 0.3) is 5.13 Å². The van der Waals surface area contributed by atoms with Crippen molar-refractivity contribution in [2.45, 2.75) is 6.54 Å². The van der Waals surface area contributed by atoms with Gasteiger partial charge in [0.1, 0.15) is 0 Å². The van der Waals surface area contributed by atoms with Crippen LogP contribution in [0, 0.1) is 0 Å². The van der Waals surface area contributed by atoms with E-state index in [0.29, 0.717) is 6.54 Å². The van der Waals surface area contributed by atoms with E-state index in [9.17, 15) is 0 Å². The molecule has 0 spiro atoms. The Morgan fingerprint density at radius 3 is 2.92 bits per heavy atom. The first-order valence-electron chi connectivity index (χ1n) is 3.55. The van der Waals surface area contributed by atoms with Gasteiger partial charge in [-0.1, -0.05) is 11.3 Å². The van der Waals surface area contributed by atoms with Gasteiger partial charge in [-0.25, -0.2) is 9.67 Å². The molecule has 0 atom stereocenters. The van der Waals surface area contributed by atoms with Gasteiger partial charge in [-0.15, -0.1) is 12.4 Å². The average Bonchev–Trinajstić information content (AvgIpc) is 2.75. The molecule has 0 radical (unpaired) electrons. The molecule has 0 aliphatic heterocycles. The molecule has 2 N–H and O–H groups in total. The van der Waals surface area contributed by atoms with Crippen molar-refractivity contribution in [2.24, 2.45) is 5.73 Å². The molecule has 13 heavy (non-hydrogen) atoms. The fraction of sp³-hybridized carbons (Fsp3) is 0.143. The Bertz CT molecular complexity index is 356. The highest BCUT2D eigenvalue weighted by Crippen LogP contribution is 2.15. The van der Waals surface area contributed by atoms with Crippen LogP contribution in [0.3, 0.4) is 0 Å². The second kappa shape index (κ2) is 4.36. The van der Waals surface area contributed by atoms with Crippen LogP contribution in [0.1, 0.15) is 4.88 Å². The van der Waals surface area contributed by atoms with Gasteiger partial charge in [0.05, 0.1) is 0 Å². The van der Waals surface area contributed by atoms with Gasteiger partial charge in [0.2, 0.25) is 5.13 Å². The second-order valence-electron chi connectivity index (χ2n) is 2.26. The first-order valence-corrected chi connectivity index (χ1v) is 4.36. The zero-order chi connectivity index (χ0) is 8.39. The number of aromatic nitrogens is 3. The van der Waals surface area contributed by atoms with Crippen molar-refractivity contribution in [3.05, 3.63) is 29.5 Å². The summed E-state index contributed by atoms with van der Waals surface area (Å²) in [5.74, 6) is 0. The molecule has 70 valence electrons. The Labute approximate surface area is 85.8 Å². The summed E-state index contributed by atoms with van der Waals surface area (Å²) in [6.07, 6.45) is 5.37. The molecule has 0 aliphatic rings. The van der Waals surface area contributed by atoms with Gasteiger partial charge in [-0.2, -0.15) is 5.10 Å².